The Morgan fingerprint density at radius 1 is 1.14 bits per heavy atom. The van der Waals surface area contributed by atoms with Gasteiger partial charge in [-0.05, 0) is 0 Å². The molecule has 0 aliphatic rings. The fraction of sp³-hybridized carbons (Fsp3) is 0.833. The Hall–Kier alpha value is 0.270. The number of carboxylic acid groups (broad SMARTS) is 1. The minimum Gasteiger partial charge on any atom is -0.547 e. The van der Waals surface area contributed by atoms with E-state index in [1.54, 1.807) is 0 Å². The molecule has 7 nitrogen and oxygen atoms in total. The van der Waals surface area contributed by atoms with Gasteiger partial charge in [0.2, 0.25) is 0 Å². The first-order chi connectivity index (χ1) is 5.91. The van der Waals surface area contributed by atoms with Crippen molar-refractivity contribution >= 4 is 5.97 Å². The van der Waals surface area contributed by atoms with Crippen molar-refractivity contribution in [3.05, 3.63) is 0 Å². The molecule has 4 atom stereocenters. The van der Waals surface area contributed by atoms with Gasteiger partial charge in [0.05, 0.1) is 12.6 Å². The quantitative estimate of drug-likeness (QED) is 0.288. The van der Waals surface area contributed by atoms with Crippen molar-refractivity contribution < 1.29 is 65.0 Å². The Balaban J connectivity index is 0. The van der Waals surface area contributed by atoms with E-state index in [0.717, 1.165) is 0 Å². The van der Waals surface area contributed by atoms with Crippen molar-refractivity contribution in [2.75, 3.05) is 6.61 Å². The zero-order valence-electron chi connectivity index (χ0n) is 7.57. The summed E-state index contributed by atoms with van der Waals surface area (Å²) in [6.07, 6.45) is -8.08. The van der Waals surface area contributed by atoms with Crippen LogP contribution in [0.3, 0.4) is 0 Å². The topological polar surface area (TPSA) is 141 Å². The molecular formula is C6H11NaO7. The molecule has 0 fully saturated rings. The Morgan fingerprint density at radius 3 is 1.86 bits per heavy atom. The van der Waals surface area contributed by atoms with Gasteiger partial charge in [-0.3, -0.25) is 0 Å². The zero-order valence-corrected chi connectivity index (χ0v) is 9.57. The van der Waals surface area contributed by atoms with Gasteiger partial charge >= 0.3 is 29.6 Å². The number of hydrogen-bond acceptors (Lipinski definition) is 7. The predicted octanol–water partition coefficient (Wildman–Crippen LogP) is -7.82. The van der Waals surface area contributed by atoms with Gasteiger partial charge in [0.25, 0.3) is 0 Å². The summed E-state index contributed by atoms with van der Waals surface area (Å²) in [5, 5.41) is 53.4. The van der Waals surface area contributed by atoms with Gasteiger partial charge in [-0.1, -0.05) is 0 Å². The molecule has 0 aromatic rings. The molecule has 0 aliphatic carbocycles. The Labute approximate surface area is 102 Å². The van der Waals surface area contributed by atoms with Crippen LogP contribution in [0.4, 0.5) is 0 Å². The average molecular weight is 218 g/mol. The molecule has 0 spiro atoms. The summed E-state index contributed by atoms with van der Waals surface area (Å²) in [7, 11) is 0. The van der Waals surface area contributed by atoms with Crippen LogP contribution in [0.5, 0.6) is 0 Å². The van der Waals surface area contributed by atoms with Crippen LogP contribution in [0.2, 0.25) is 0 Å². The van der Waals surface area contributed by atoms with Crippen molar-refractivity contribution in [3.63, 3.8) is 0 Å². The van der Waals surface area contributed by atoms with Crippen LogP contribution >= 0.6 is 0 Å². The number of aliphatic hydroxyl groups excluding tert-OH is 5. The van der Waals surface area contributed by atoms with Crippen molar-refractivity contribution in [2.24, 2.45) is 0 Å². The molecule has 0 aromatic heterocycles. The summed E-state index contributed by atoms with van der Waals surface area (Å²) in [4.78, 5) is 9.98. The van der Waals surface area contributed by atoms with E-state index in [4.69, 9.17) is 25.5 Å². The Kier molecular flexibility index (Phi) is 9.00. The second-order valence-corrected chi connectivity index (χ2v) is 2.49. The summed E-state index contributed by atoms with van der Waals surface area (Å²) < 4.78 is 0. The first-order valence-electron chi connectivity index (χ1n) is 3.45. The predicted molar refractivity (Wildman–Crippen MR) is 36.1 cm³/mol. The molecule has 0 aliphatic heterocycles. The zero-order chi connectivity index (χ0) is 10.6. The van der Waals surface area contributed by atoms with E-state index in [1.165, 1.54) is 0 Å². The van der Waals surface area contributed by atoms with Gasteiger partial charge in [-0.25, -0.2) is 0 Å². The molecule has 0 saturated carbocycles. The van der Waals surface area contributed by atoms with Gasteiger partial charge in [0.15, 0.2) is 0 Å². The standard InChI is InChI=1S/C6H12O7.Na/c7-1-2(8)3(9)4(10)5(11)6(12)13;/h2-5,7-11H,1H2,(H,12,13);/q;+1/p-1/t2-,3+,4+,5+;/m1./s1. The molecule has 0 bridgehead atoms. The summed E-state index contributed by atoms with van der Waals surface area (Å²) in [6, 6.07) is 0. The monoisotopic (exact) mass is 218 g/mol. The summed E-state index contributed by atoms with van der Waals surface area (Å²) in [5.41, 5.74) is 0. The summed E-state index contributed by atoms with van der Waals surface area (Å²) in [5.74, 6) is -1.98. The minimum absolute atomic E-state index is 0. The van der Waals surface area contributed by atoms with Gasteiger partial charge in [0.1, 0.15) is 24.4 Å². The van der Waals surface area contributed by atoms with Crippen LogP contribution in [0.1, 0.15) is 0 Å². The van der Waals surface area contributed by atoms with Crippen LogP contribution in [-0.2, 0) is 4.79 Å². The summed E-state index contributed by atoms with van der Waals surface area (Å²) >= 11 is 0. The van der Waals surface area contributed by atoms with E-state index in [0.29, 0.717) is 0 Å². The van der Waals surface area contributed by atoms with E-state index >= 15 is 0 Å². The molecule has 78 valence electrons. The normalized spacial score (nSPS) is 18.9. The van der Waals surface area contributed by atoms with Gasteiger partial charge in [-0.2, -0.15) is 0 Å². The fourth-order valence-corrected chi connectivity index (χ4v) is 0.662. The van der Waals surface area contributed by atoms with Gasteiger partial charge in [-0.15, -0.1) is 0 Å². The average Bonchev–Trinajstić information content (AvgIpc) is 2.12. The maximum atomic E-state index is 9.98. The third-order valence-electron chi connectivity index (χ3n) is 1.50. The van der Waals surface area contributed by atoms with Crippen LogP contribution in [-0.4, -0.2) is 62.5 Å². The molecule has 0 amide bonds. The maximum Gasteiger partial charge on any atom is 1.00 e. The number of carbonyl (C=O) groups is 1. The molecule has 0 heterocycles. The van der Waals surface area contributed by atoms with Gasteiger partial charge < -0.3 is 35.4 Å². The molecule has 8 heteroatoms. The molecule has 14 heavy (non-hydrogen) atoms. The number of hydrogen-bond donors (Lipinski definition) is 5. The fourth-order valence-electron chi connectivity index (χ4n) is 0.662. The van der Waals surface area contributed by atoms with Crippen LogP contribution in [0.25, 0.3) is 0 Å². The van der Waals surface area contributed by atoms with Gasteiger partial charge in [0, 0.05) is 0 Å². The first kappa shape index (κ1) is 16.7. The number of aliphatic hydroxyl groups is 5. The van der Waals surface area contributed by atoms with Crippen molar-refractivity contribution in [3.8, 4) is 0 Å². The number of aliphatic carboxylic acids is 1. The third kappa shape index (κ3) is 4.67. The minimum atomic E-state index is -2.31. The van der Waals surface area contributed by atoms with Crippen LogP contribution in [0, 0.1) is 0 Å². The Bertz CT molecular complexity index is 176. The van der Waals surface area contributed by atoms with E-state index in [9.17, 15) is 9.90 Å². The third-order valence-corrected chi connectivity index (χ3v) is 1.50. The van der Waals surface area contributed by atoms with Crippen molar-refractivity contribution in [1.82, 2.24) is 0 Å². The SMILES string of the molecule is O=C([O-])[C@@H](O)[C@@H](O)[C@@H](O)[C@H](O)CO.[Na+]. The summed E-state index contributed by atoms with van der Waals surface area (Å²) in [6.45, 7) is -0.863. The molecule has 0 radical (unpaired) electrons. The van der Waals surface area contributed by atoms with E-state index < -0.39 is 37.0 Å². The molecule has 0 rings (SSSR count). The molecule has 0 aromatic carbocycles. The van der Waals surface area contributed by atoms with Crippen LogP contribution < -0.4 is 34.7 Å². The number of carbonyl (C=O) groups excluding carboxylic acids is 1. The van der Waals surface area contributed by atoms with Crippen LogP contribution in [0.15, 0.2) is 0 Å². The molecule has 0 saturated heterocycles. The largest absolute Gasteiger partial charge is 1.00 e. The van der Waals surface area contributed by atoms with Crippen molar-refractivity contribution in [2.45, 2.75) is 24.4 Å². The molecule has 5 N–H and O–H groups in total. The first-order valence-corrected chi connectivity index (χ1v) is 3.45. The number of carboxylic acids is 1. The van der Waals surface area contributed by atoms with E-state index in [2.05, 4.69) is 0 Å². The second-order valence-electron chi connectivity index (χ2n) is 2.49. The van der Waals surface area contributed by atoms with Crippen molar-refractivity contribution in [1.29, 1.82) is 0 Å². The maximum absolute atomic E-state index is 9.98. The second kappa shape index (κ2) is 7.55. The molecular weight excluding hydrogens is 207 g/mol. The smallest absolute Gasteiger partial charge is 0.547 e. The Morgan fingerprint density at radius 2 is 1.57 bits per heavy atom. The number of rotatable bonds is 5. The van der Waals surface area contributed by atoms with E-state index in [-0.39, 0.29) is 29.6 Å². The van der Waals surface area contributed by atoms with E-state index in [1.807, 2.05) is 0 Å². The molecule has 0 unspecified atom stereocenters.